The van der Waals surface area contributed by atoms with E-state index in [1.807, 2.05) is 16.7 Å². The lowest BCUT2D eigenvalue weighted by Crippen LogP contribution is -2.17. The molecule has 4 nitrogen and oxygen atoms in total. The SMILES string of the molecule is CNC(=O)CCCn1cc(C=O)c2ccc(Cl)cc21. The minimum absolute atomic E-state index is 0.0186. The van der Waals surface area contributed by atoms with Crippen LogP contribution in [0.15, 0.2) is 24.4 Å². The molecule has 100 valence electrons. The zero-order valence-electron chi connectivity index (χ0n) is 10.6. The summed E-state index contributed by atoms with van der Waals surface area (Å²) in [6.07, 6.45) is 3.82. The number of rotatable bonds is 5. The zero-order chi connectivity index (χ0) is 13.8. The van der Waals surface area contributed by atoms with Crippen LogP contribution in [0.3, 0.4) is 0 Å². The second kappa shape index (κ2) is 5.89. The third-order valence-electron chi connectivity index (χ3n) is 3.08. The maximum atomic E-state index is 11.2. The number of carbonyl (C=O) groups excluding carboxylic acids is 2. The summed E-state index contributed by atoms with van der Waals surface area (Å²) in [5.74, 6) is 0.0186. The van der Waals surface area contributed by atoms with Crippen LogP contribution in [0.5, 0.6) is 0 Å². The number of hydrogen-bond acceptors (Lipinski definition) is 2. The summed E-state index contributed by atoms with van der Waals surface area (Å²) >= 11 is 5.98. The number of aldehydes is 1. The van der Waals surface area contributed by atoms with Crippen LogP contribution in [-0.4, -0.2) is 23.8 Å². The summed E-state index contributed by atoms with van der Waals surface area (Å²) < 4.78 is 1.97. The number of aromatic nitrogens is 1. The molecule has 0 radical (unpaired) electrons. The number of nitrogens with one attached hydrogen (secondary N) is 1. The fourth-order valence-corrected chi connectivity index (χ4v) is 2.27. The van der Waals surface area contributed by atoms with Crippen molar-refractivity contribution < 1.29 is 9.59 Å². The van der Waals surface area contributed by atoms with Crippen LogP contribution in [0.1, 0.15) is 23.2 Å². The molecule has 0 unspecified atom stereocenters. The van der Waals surface area contributed by atoms with Crippen LogP contribution in [0.25, 0.3) is 10.9 Å². The van der Waals surface area contributed by atoms with E-state index in [-0.39, 0.29) is 5.91 Å². The number of benzene rings is 1. The van der Waals surface area contributed by atoms with E-state index in [4.69, 9.17) is 11.6 Å². The van der Waals surface area contributed by atoms with Gasteiger partial charge in [-0.3, -0.25) is 9.59 Å². The van der Waals surface area contributed by atoms with Gasteiger partial charge in [-0.1, -0.05) is 17.7 Å². The van der Waals surface area contributed by atoms with Crippen molar-refractivity contribution in [3.63, 3.8) is 0 Å². The Labute approximate surface area is 116 Å². The Morgan fingerprint density at radius 2 is 2.26 bits per heavy atom. The predicted molar refractivity (Wildman–Crippen MR) is 75.6 cm³/mol. The van der Waals surface area contributed by atoms with Gasteiger partial charge in [-0.15, -0.1) is 0 Å². The first-order chi connectivity index (χ1) is 9.15. The van der Waals surface area contributed by atoms with E-state index in [1.54, 1.807) is 19.3 Å². The Bertz CT molecular complexity index is 619. The van der Waals surface area contributed by atoms with Gasteiger partial charge < -0.3 is 9.88 Å². The van der Waals surface area contributed by atoms with Crippen molar-refractivity contribution in [2.45, 2.75) is 19.4 Å². The Morgan fingerprint density at radius 1 is 1.47 bits per heavy atom. The number of aryl methyl sites for hydroxylation is 1. The van der Waals surface area contributed by atoms with E-state index in [9.17, 15) is 9.59 Å². The number of halogens is 1. The summed E-state index contributed by atoms with van der Waals surface area (Å²) in [4.78, 5) is 22.2. The highest BCUT2D eigenvalue weighted by Crippen LogP contribution is 2.24. The van der Waals surface area contributed by atoms with Gasteiger partial charge in [0.05, 0.1) is 5.52 Å². The Morgan fingerprint density at radius 3 is 2.95 bits per heavy atom. The van der Waals surface area contributed by atoms with Crippen molar-refractivity contribution in [3.05, 3.63) is 35.0 Å². The van der Waals surface area contributed by atoms with Crippen molar-refractivity contribution in [2.75, 3.05) is 7.05 Å². The van der Waals surface area contributed by atoms with Crippen molar-refractivity contribution in [2.24, 2.45) is 0 Å². The van der Waals surface area contributed by atoms with Gasteiger partial charge in [-0.2, -0.15) is 0 Å². The summed E-state index contributed by atoms with van der Waals surface area (Å²) in [7, 11) is 1.62. The maximum absolute atomic E-state index is 11.2. The molecule has 0 atom stereocenters. The summed E-state index contributed by atoms with van der Waals surface area (Å²) in [6.45, 7) is 0.679. The average Bonchev–Trinajstić information content (AvgIpc) is 2.76. The third kappa shape index (κ3) is 2.96. The molecule has 1 N–H and O–H groups in total. The molecule has 1 amide bonds. The number of fused-ring (bicyclic) bond motifs is 1. The summed E-state index contributed by atoms with van der Waals surface area (Å²) in [5.41, 5.74) is 1.57. The van der Waals surface area contributed by atoms with Crippen LogP contribution >= 0.6 is 11.6 Å². The maximum Gasteiger partial charge on any atom is 0.219 e. The highest BCUT2D eigenvalue weighted by Gasteiger charge is 2.08. The lowest BCUT2D eigenvalue weighted by Gasteiger charge is -2.05. The van der Waals surface area contributed by atoms with E-state index in [0.717, 1.165) is 17.2 Å². The highest BCUT2D eigenvalue weighted by molar-refractivity contribution is 6.31. The fraction of sp³-hybridized carbons (Fsp3) is 0.286. The number of hydrogen-bond donors (Lipinski definition) is 1. The highest BCUT2D eigenvalue weighted by atomic mass is 35.5. The average molecular weight is 279 g/mol. The molecule has 0 aliphatic carbocycles. The molecule has 0 aliphatic heterocycles. The first kappa shape index (κ1) is 13.6. The molecular formula is C14H15ClN2O2. The smallest absolute Gasteiger partial charge is 0.219 e. The molecule has 0 aliphatic rings. The molecular weight excluding hydrogens is 264 g/mol. The minimum atomic E-state index is 0.0186. The summed E-state index contributed by atoms with van der Waals surface area (Å²) in [6, 6.07) is 5.45. The van der Waals surface area contributed by atoms with Crippen molar-refractivity contribution in [1.82, 2.24) is 9.88 Å². The monoisotopic (exact) mass is 278 g/mol. The molecule has 2 aromatic rings. The Balaban J connectivity index is 2.24. The van der Waals surface area contributed by atoms with Gasteiger partial charge >= 0.3 is 0 Å². The molecule has 1 heterocycles. The lowest BCUT2D eigenvalue weighted by molar-refractivity contribution is -0.120. The van der Waals surface area contributed by atoms with E-state index < -0.39 is 0 Å². The Hall–Kier alpha value is -1.81. The third-order valence-corrected chi connectivity index (χ3v) is 3.32. The number of nitrogens with zero attached hydrogens (tertiary/aromatic N) is 1. The van der Waals surface area contributed by atoms with Crippen molar-refractivity contribution in [1.29, 1.82) is 0 Å². The van der Waals surface area contributed by atoms with Crippen LogP contribution < -0.4 is 5.32 Å². The first-order valence-corrected chi connectivity index (χ1v) is 6.47. The van der Waals surface area contributed by atoms with Gasteiger partial charge in [0.15, 0.2) is 6.29 Å². The number of carbonyl (C=O) groups is 2. The normalized spacial score (nSPS) is 10.6. The Kier molecular flexibility index (Phi) is 4.22. The quantitative estimate of drug-likeness (QED) is 0.855. The molecule has 0 saturated heterocycles. The van der Waals surface area contributed by atoms with Crippen molar-refractivity contribution in [3.8, 4) is 0 Å². The molecule has 0 spiro atoms. The second-order valence-electron chi connectivity index (χ2n) is 4.33. The zero-order valence-corrected chi connectivity index (χ0v) is 11.4. The molecule has 2 rings (SSSR count). The minimum Gasteiger partial charge on any atom is -0.359 e. The standard InChI is InChI=1S/C14H15ClN2O2/c1-16-14(19)3-2-6-17-8-10(9-18)12-5-4-11(15)7-13(12)17/h4-5,7-9H,2-3,6H2,1H3,(H,16,19). The molecule has 19 heavy (non-hydrogen) atoms. The van der Waals surface area contributed by atoms with Gasteiger partial charge in [-0.05, 0) is 18.6 Å². The van der Waals surface area contributed by atoms with Crippen LogP contribution in [0.2, 0.25) is 5.02 Å². The molecule has 5 heteroatoms. The molecule has 0 bridgehead atoms. The molecule has 1 aromatic heterocycles. The van der Waals surface area contributed by atoms with E-state index in [1.165, 1.54) is 0 Å². The van der Waals surface area contributed by atoms with Gasteiger partial charge in [0.25, 0.3) is 0 Å². The van der Waals surface area contributed by atoms with Gasteiger partial charge in [0, 0.05) is 42.2 Å². The second-order valence-corrected chi connectivity index (χ2v) is 4.77. The van der Waals surface area contributed by atoms with Crippen molar-refractivity contribution >= 4 is 34.7 Å². The lowest BCUT2D eigenvalue weighted by atomic mass is 10.2. The molecule has 0 fully saturated rings. The topological polar surface area (TPSA) is 51.1 Å². The van der Waals surface area contributed by atoms with Crippen LogP contribution in [0.4, 0.5) is 0 Å². The van der Waals surface area contributed by atoms with Gasteiger partial charge in [0.2, 0.25) is 5.91 Å². The fourth-order valence-electron chi connectivity index (χ4n) is 2.11. The summed E-state index contributed by atoms with van der Waals surface area (Å²) in [5, 5.41) is 4.11. The number of amides is 1. The first-order valence-electron chi connectivity index (χ1n) is 6.10. The van der Waals surface area contributed by atoms with Gasteiger partial charge in [0.1, 0.15) is 0 Å². The van der Waals surface area contributed by atoms with Crippen LogP contribution in [0, 0.1) is 0 Å². The van der Waals surface area contributed by atoms with E-state index >= 15 is 0 Å². The van der Waals surface area contributed by atoms with Crippen LogP contribution in [-0.2, 0) is 11.3 Å². The molecule has 0 saturated carbocycles. The van der Waals surface area contributed by atoms with Gasteiger partial charge in [-0.25, -0.2) is 0 Å². The molecule has 1 aromatic carbocycles. The predicted octanol–water partition coefficient (Wildman–Crippen LogP) is 2.63. The van der Waals surface area contributed by atoms with E-state index in [0.29, 0.717) is 30.0 Å². The largest absolute Gasteiger partial charge is 0.359 e. The van der Waals surface area contributed by atoms with E-state index in [2.05, 4.69) is 5.32 Å².